The predicted octanol–water partition coefficient (Wildman–Crippen LogP) is 3.22. The van der Waals surface area contributed by atoms with Gasteiger partial charge in [0.05, 0.1) is 6.61 Å². The molecule has 1 aliphatic carbocycles. The maximum Gasteiger partial charge on any atom is 0.132 e. The highest BCUT2D eigenvalue weighted by atomic mass is 16.5. The number of hydrogen-bond donors (Lipinski definition) is 2. The zero-order chi connectivity index (χ0) is 13.8. The van der Waals surface area contributed by atoms with E-state index in [0.29, 0.717) is 11.8 Å². The van der Waals surface area contributed by atoms with Crippen LogP contribution < -0.4 is 10.1 Å². The minimum Gasteiger partial charge on any atom is -0.457 e. The Kier molecular flexibility index (Phi) is 4.00. The van der Waals surface area contributed by atoms with E-state index in [-0.39, 0.29) is 6.61 Å². The first kappa shape index (κ1) is 13.2. The van der Waals surface area contributed by atoms with E-state index in [4.69, 9.17) is 4.74 Å². The third-order valence-corrected chi connectivity index (χ3v) is 3.49. The molecule has 0 heterocycles. The van der Waals surface area contributed by atoms with Gasteiger partial charge in [-0.3, -0.25) is 0 Å². The Morgan fingerprint density at radius 3 is 2.20 bits per heavy atom. The molecule has 0 atom stereocenters. The first-order chi connectivity index (χ1) is 9.86. The van der Waals surface area contributed by atoms with Crippen LogP contribution in [0.3, 0.4) is 0 Å². The molecule has 3 rings (SSSR count). The lowest BCUT2D eigenvalue weighted by molar-refractivity contribution is 0.276. The standard InChI is InChI=1S/C17H19NO2/c19-12-14-6-2-4-8-17(14)20-16-7-3-1-5-13(16)11-18-15-9-10-15/h1-8,15,18-19H,9-12H2. The molecule has 1 aliphatic rings. The van der Waals surface area contributed by atoms with Gasteiger partial charge in [0, 0.05) is 23.7 Å². The van der Waals surface area contributed by atoms with E-state index < -0.39 is 0 Å². The zero-order valence-corrected chi connectivity index (χ0v) is 11.4. The Hall–Kier alpha value is -1.84. The number of aliphatic hydroxyl groups is 1. The monoisotopic (exact) mass is 269 g/mol. The minimum absolute atomic E-state index is 0.0152. The number of para-hydroxylation sites is 2. The Bertz CT molecular complexity index is 579. The molecule has 0 amide bonds. The van der Waals surface area contributed by atoms with Crippen molar-refractivity contribution in [3.63, 3.8) is 0 Å². The van der Waals surface area contributed by atoms with Gasteiger partial charge in [0.1, 0.15) is 11.5 Å². The van der Waals surface area contributed by atoms with E-state index in [2.05, 4.69) is 11.4 Å². The molecule has 0 spiro atoms. The van der Waals surface area contributed by atoms with Gasteiger partial charge in [-0.15, -0.1) is 0 Å². The highest BCUT2D eigenvalue weighted by Gasteiger charge is 2.20. The maximum absolute atomic E-state index is 9.36. The van der Waals surface area contributed by atoms with Gasteiger partial charge in [0.2, 0.25) is 0 Å². The van der Waals surface area contributed by atoms with Crippen molar-refractivity contribution < 1.29 is 9.84 Å². The first-order valence-corrected chi connectivity index (χ1v) is 7.05. The number of nitrogens with one attached hydrogen (secondary N) is 1. The predicted molar refractivity (Wildman–Crippen MR) is 78.7 cm³/mol. The molecule has 0 saturated heterocycles. The molecule has 3 nitrogen and oxygen atoms in total. The van der Waals surface area contributed by atoms with Crippen molar-refractivity contribution in [3.8, 4) is 11.5 Å². The number of rotatable bonds is 6. The molecule has 104 valence electrons. The minimum atomic E-state index is -0.0152. The van der Waals surface area contributed by atoms with Crippen LogP contribution in [-0.4, -0.2) is 11.1 Å². The van der Waals surface area contributed by atoms with Crippen molar-refractivity contribution in [2.75, 3.05) is 0 Å². The molecule has 0 unspecified atom stereocenters. The summed E-state index contributed by atoms with van der Waals surface area (Å²) >= 11 is 0. The average molecular weight is 269 g/mol. The van der Waals surface area contributed by atoms with E-state index in [0.717, 1.165) is 23.4 Å². The fourth-order valence-corrected chi connectivity index (χ4v) is 2.14. The fraction of sp³-hybridized carbons (Fsp3) is 0.294. The van der Waals surface area contributed by atoms with Crippen molar-refractivity contribution in [2.24, 2.45) is 0 Å². The second kappa shape index (κ2) is 6.07. The lowest BCUT2D eigenvalue weighted by atomic mass is 10.2. The van der Waals surface area contributed by atoms with Gasteiger partial charge in [0.15, 0.2) is 0 Å². The van der Waals surface area contributed by atoms with Crippen LogP contribution in [-0.2, 0) is 13.2 Å². The normalized spacial score (nSPS) is 14.2. The zero-order valence-electron chi connectivity index (χ0n) is 11.4. The van der Waals surface area contributed by atoms with E-state index in [1.54, 1.807) is 0 Å². The van der Waals surface area contributed by atoms with Crippen LogP contribution in [0.1, 0.15) is 24.0 Å². The quantitative estimate of drug-likeness (QED) is 0.846. The second-order valence-corrected chi connectivity index (χ2v) is 5.13. The highest BCUT2D eigenvalue weighted by molar-refractivity contribution is 5.41. The number of ether oxygens (including phenoxy) is 1. The second-order valence-electron chi connectivity index (χ2n) is 5.13. The van der Waals surface area contributed by atoms with Crippen molar-refractivity contribution in [1.29, 1.82) is 0 Å². The highest BCUT2D eigenvalue weighted by Crippen LogP contribution is 2.29. The van der Waals surface area contributed by atoms with Crippen molar-refractivity contribution in [2.45, 2.75) is 32.0 Å². The molecule has 2 aromatic carbocycles. The molecular weight excluding hydrogens is 250 g/mol. The van der Waals surface area contributed by atoms with Crippen molar-refractivity contribution in [1.82, 2.24) is 5.32 Å². The third-order valence-electron chi connectivity index (χ3n) is 3.49. The summed E-state index contributed by atoms with van der Waals surface area (Å²) in [5.74, 6) is 1.57. The molecule has 0 radical (unpaired) electrons. The van der Waals surface area contributed by atoms with Crippen LogP contribution in [0.4, 0.5) is 0 Å². The molecule has 0 bridgehead atoms. The van der Waals surface area contributed by atoms with Crippen LogP contribution in [0.15, 0.2) is 48.5 Å². The number of aliphatic hydroxyl groups excluding tert-OH is 1. The van der Waals surface area contributed by atoms with E-state index in [9.17, 15) is 5.11 Å². The molecule has 0 aliphatic heterocycles. The summed E-state index contributed by atoms with van der Waals surface area (Å²) in [5, 5.41) is 12.9. The van der Waals surface area contributed by atoms with E-state index >= 15 is 0 Å². The average Bonchev–Trinajstić information content (AvgIpc) is 3.31. The van der Waals surface area contributed by atoms with Gasteiger partial charge in [-0.1, -0.05) is 36.4 Å². The molecule has 1 fully saturated rings. The van der Waals surface area contributed by atoms with Crippen LogP contribution in [0.5, 0.6) is 11.5 Å². The Morgan fingerprint density at radius 2 is 1.55 bits per heavy atom. The lowest BCUT2D eigenvalue weighted by Gasteiger charge is -2.13. The molecule has 2 aromatic rings. The van der Waals surface area contributed by atoms with Crippen molar-refractivity contribution in [3.05, 3.63) is 59.7 Å². The summed E-state index contributed by atoms with van der Waals surface area (Å²) in [6.45, 7) is 0.806. The largest absolute Gasteiger partial charge is 0.457 e. The third kappa shape index (κ3) is 3.18. The molecular formula is C17H19NO2. The van der Waals surface area contributed by atoms with Gasteiger partial charge in [-0.2, -0.15) is 0 Å². The lowest BCUT2D eigenvalue weighted by Crippen LogP contribution is -2.15. The Labute approximate surface area is 119 Å². The van der Waals surface area contributed by atoms with E-state index in [1.807, 2.05) is 42.5 Å². The molecule has 2 N–H and O–H groups in total. The van der Waals surface area contributed by atoms with E-state index in [1.165, 1.54) is 12.8 Å². The first-order valence-electron chi connectivity index (χ1n) is 7.05. The summed E-state index contributed by atoms with van der Waals surface area (Å²) in [6.07, 6.45) is 2.55. The number of benzene rings is 2. The van der Waals surface area contributed by atoms with Crippen LogP contribution in [0, 0.1) is 0 Å². The molecule has 3 heteroatoms. The summed E-state index contributed by atoms with van der Waals surface area (Å²) < 4.78 is 5.98. The van der Waals surface area contributed by atoms with Crippen molar-refractivity contribution >= 4 is 0 Å². The van der Waals surface area contributed by atoms with Crippen LogP contribution in [0.25, 0.3) is 0 Å². The summed E-state index contributed by atoms with van der Waals surface area (Å²) in [4.78, 5) is 0. The molecule has 0 aromatic heterocycles. The smallest absolute Gasteiger partial charge is 0.132 e. The van der Waals surface area contributed by atoms with Crippen LogP contribution in [0.2, 0.25) is 0 Å². The molecule has 1 saturated carbocycles. The summed E-state index contributed by atoms with van der Waals surface area (Å²) in [7, 11) is 0. The van der Waals surface area contributed by atoms with Gasteiger partial charge in [0.25, 0.3) is 0 Å². The fourth-order valence-electron chi connectivity index (χ4n) is 2.14. The molecule has 20 heavy (non-hydrogen) atoms. The van der Waals surface area contributed by atoms with Gasteiger partial charge >= 0.3 is 0 Å². The van der Waals surface area contributed by atoms with Crippen LogP contribution >= 0.6 is 0 Å². The SMILES string of the molecule is OCc1ccccc1Oc1ccccc1CNC1CC1. The topological polar surface area (TPSA) is 41.5 Å². The Morgan fingerprint density at radius 1 is 0.950 bits per heavy atom. The Balaban J connectivity index is 1.78. The van der Waals surface area contributed by atoms with Gasteiger partial charge in [-0.05, 0) is 25.0 Å². The summed E-state index contributed by atoms with van der Waals surface area (Å²) in [5.41, 5.74) is 1.95. The van der Waals surface area contributed by atoms with Gasteiger partial charge in [-0.25, -0.2) is 0 Å². The number of hydrogen-bond acceptors (Lipinski definition) is 3. The summed E-state index contributed by atoms with van der Waals surface area (Å²) in [6, 6.07) is 16.3. The maximum atomic E-state index is 9.36. The van der Waals surface area contributed by atoms with Gasteiger partial charge < -0.3 is 15.2 Å².